The third-order valence-electron chi connectivity index (χ3n) is 4.27. The van der Waals surface area contributed by atoms with Crippen molar-refractivity contribution in [3.63, 3.8) is 0 Å². The van der Waals surface area contributed by atoms with Crippen LogP contribution in [0.4, 0.5) is 0 Å². The van der Waals surface area contributed by atoms with Crippen LogP contribution < -0.4 is 0 Å². The molecule has 16 heavy (non-hydrogen) atoms. The molecule has 0 aromatic rings. The number of rotatable bonds is 3. The highest BCUT2D eigenvalue weighted by Gasteiger charge is 2.24. The van der Waals surface area contributed by atoms with Gasteiger partial charge in [-0.1, -0.05) is 6.42 Å². The summed E-state index contributed by atoms with van der Waals surface area (Å²) in [6.45, 7) is 0. The van der Waals surface area contributed by atoms with Crippen LogP contribution in [-0.2, 0) is 9.59 Å². The summed E-state index contributed by atoms with van der Waals surface area (Å²) in [6, 6.07) is 0. The quantitative estimate of drug-likeness (QED) is 0.734. The number of carbonyl (C=O) groups excluding carboxylic acids is 2. The Morgan fingerprint density at radius 2 is 1.62 bits per heavy atom. The molecule has 0 spiro atoms. The van der Waals surface area contributed by atoms with Crippen molar-refractivity contribution >= 4 is 11.6 Å². The molecule has 2 nitrogen and oxygen atoms in total. The predicted octanol–water partition coefficient (Wildman–Crippen LogP) is 3.29. The van der Waals surface area contributed by atoms with Crippen molar-refractivity contribution < 1.29 is 9.59 Å². The van der Waals surface area contributed by atoms with Gasteiger partial charge in [0.05, 0.1) is 0 Å². The van der Waals surface area contributed by atoms with E-state index in [9.17, 15) is 9.59 Å². The van der Waals surface area contributed by atoms with Crippen LogP contribution in [0, 0.1) is 11.8 Å². The van der Waals surface area contributed by atoms with E-state index in [0.29, 0.717) is 23.4 Å². The summed E-state index contributed by atoms with van der Waals surface area (Å²) >= 11 is 0. The molecule has 90 valence electrons. The molecule has 0 radical (unpaired) electrons. The minimum atomic E-state index is 0.353. The lowest BCUT2D eigenvalue weighted by atomic mass is 9.79. The molecular weight excluding hydrogens is 200 g/mol. The zero-order valence-electron chi connectivity index (χ0n) is 10.0. The first-order valence-electron chi connectivity index (χ1n) is 6.80. The Bertz CT molecular complexity index is 260. The molecule has 0 aromatic carbocycles. The second kappa shape index (κ2) is 5.60. The van der Waals surface area contributed by atoms with Gasteiger partial charge in [-0.15, -0.1) is 0 Å². The van der Waals surface area contributed by atoms with E-state index < -0.39 is 0 Å². The molecule has 0 aliphatic heterocycles. The Hall–Kier alpha value is -0.660. The van der Waals surface area contributed by atoms with Gasteiger partial charge in [0.2, 0.25) is 0 Å². The Kier molecular flexibility index (Phi) is 4.14. The fourth-order valence-corrected chi connectivity index (χ4v) is 3.09. The Morgan fingerprint density at radius 3 is 2.31 bits per heavy atom. The Labute approximate surface area is 97.8 Å². The first-order chi connectivity index (χ1) is 7.75. The van der Waals surface area contributed by atoms with Gasteiger partial charge in [-0.05, 0) is 44.4 Å². The second-order valence-corrected chi connectivity index (χ2v) is 5.47. The monoisotopic (exact) mass is 222 g/mol. The van der Waals surface area contributed by atoms with E-state index >= 15 is 0 Å². The maximum Gasteiger partial charge on any atom is 0.135 e. The fourth-order valence-electron chi connectivity index (χ4n) is 3.09. The smallest absolute Gasteiger partial charge is 0.135 e. The van der Waals surface area contributed by atoms with Crippen LogP contribution in [0.1, 0.15) is 64.2 Å². The molecule has 2 rings (SSSR count). The zero-order valence-corrected chi connectivity index (χ0v) is 10.0. The molecule has 0 saturated heterocycles. The van der Waals surface area contributed by atoms with Crippen LogP contribution in [0.5, 0.6) is 0 Å². The lowest BCUT2D eigenvalue weighted by molar-refractivity contribution is -0.125. The highest BCUT2D eigenvalue weighted by molar-refractivity contribution is 5.81. The van der Waals surface area contributed by atoms with E-state index in [1.54, 1.807) is 0 Å². The standard InChI is InChI=1S/C14H22O2/c15-13-9-6-11(7-10-13)5-8-12-3-1-2-4-14(12)16/h11-12H,1-10H2. The topological polar surface area (TPSA) is 34.1 Å². The lowest BCUT2D eigenvalue weighted by Gasteiger charge is -2.25. The van der Waals surface area contributed by atoms with Gasteiger partial charge in [0.25, 0.3) is 0 Å². The first-order valence-corrected chi connectivity index (χ1v) is 6.80. The van der Waals surface area contributed by atoms with Gasteiger partial charge in [0, 0.05) is 25.2 Å². The molecule has 0 amide bonds. The van der Waals surface area contributed by atoms with Crippen LogP contribution >= 0.6 is 0 Å². The molecule has 2 heteroatoms. The number of Topliss-reactive ketones (excluding diaryl/α,β-unsaturated/α-hetero) is 2. The maximum atomic E-state index is 11.7. The van der Waals surface area contributed by atoms with Crippen molar-refractivity contribution in [2.24, 2.45) is 11.8 Å². The predicted molar refractivity (Wildman–Crippen MR) is 63.2 cm³/mol. The first kappa shape index (κ1) is 11.8. The van der Waals surface area contributed by atoms with Crippen molar-refractivity contribution in [3.8, 4) is 0 Å². The summed E-state index contributed by atoms with van der Waals surface area (Å²) in [5.41, 5.74) is 0. The van der Waals surface area contributed by atoms with E-state index in [0.717, 1.165) is 51.4 Å². The average Bonchev–Trinajstić information content (AvgIpc) is 2.30. The summed E-state index contributed by atoms with van der Waals surface area (Å²) in [5, 5.41) is 0. The number of ketones is 2. The molecule has 2 saturated carbocycles. The highest BCUT2D eigenvalue weighted by Crippen LogP contribution is 2.30. The molecular formula is C14H22O2. The van der Waals surface area contributed by atoms with Crippen molar-refractivity contribution in [1.29, 1.82) is 0 Å². The van der Waals surface area contributed by atoms with E-state index in [1.807, 2.05) is 0 Å². The summed E-state index contributed by atoms with van der Waals surface area (Å²) in [7, 11) is 0. The lowest BCUT2D eigenvalue weighted by Crippen LogP contribution is -2.21. The van der Waals surface area contributed by atoms with Crippen molar-refractivity contribution in [2.75, 3.05) is 0 Å². The second-order valence-electron chi connectivity index (χ2n) is 5.47. The van der Waals surface area contributed by atoms with Crippen molar-refractivity contribution in [2.45, 2.75) is 64.2 Å². The number of hydrogen-bond acceptors (Lipinski definition) is 2. The van der Waals surface area contributed by atoms with Gasteiger partial charge < -0.3 is 0 Å². The van der Waals surface area contributed by atoms with E-state index in [-0.39, 0.29) is 0 Å². The summed E-state index contributed by atoms with van der Waals surface area (Å²) in [6.07, 6.45) is 10.2. The Balaban J connectivity index is 1.70. The van der Waals surface area contributed by atoms with Crippen molar-refractivity contribution in [3.05, 3.63) is 0 Å². The zero-order chi connectivity index (χ0) is 11.4. The third-order valence-corrected chi connectivity index (χ3v) is 4.27. The van der Waals surface area contributed by atoms with Gasteiger partial charge in [0.15, 0.2) is 0 Å². The van der Waals surface area contributed by atoms with Crippen LogP contribution in [0.15, 0.2) is 0 Å². The average molecular weight is 222 g/mol. The van der Waals surface area contributed by atoms with Gasteiger partial charge >= 0.3 is 0 Å². The third kappa shape index (κ3) is 3.16. The number of hydrogen-bond donors (Lipinski definition) is 0. The minimum absolute atomic E-state index is 0.353. The van der Waals surface area contributed by atoms with Crippen LogP contribution in [-0.4, -0.2) is 11.6 Å². The molecule has 2 fully saturated rings. The number of carbonyl (C=O) groups is 2. The van der Waals surface area contributed by atoms with E-state index in [1.165, 1.54) is 12.8 Å². The molecule has 0 N–H and O–H groups in total. The molecule has 2 aliphatic rings. The summed E-state index contributed by atoms with van der Waals surface area (Å²) in [4.78, 5) is 22.8. The SMILES string of the molecule is O=C1CCC(CCC2CCCCC2=O)CC1. The van der Waals surface area contributed by atoms with E-state index in [2.05, 4.69) is 0 Å². The van der Waals surface area contributed by atoms with Crippen LogP contribution in [0.2, 0.25) is 0 Å². The van der Waals surface area contributed by atoms with Gasteiger partial charge in [-0.25, -0.2) is 0 Å². The normalized spacial score (nSPS) is 28.4. The van der Waals surface area contributed by atoms with Crippen LogP contribution in [0.3, 0.4) is 0 Å². The summed E-state index contributed by atoms with van der Waals surface area (Å²) < 4.78 is 0. The largest absolute Gasteiger partial charge is 0.300 e. The minimum Gasteiger partial charge on any atom is -0.300 e. The van der Waals surface area contributed by atoms with Gasteiger partial charge in [0.1, 0.15) is 11.6 Å². The fraction of sp³-hybridized carbons (Fsp3) is 0.857. The van der Waals surface area contributed by atoms with Crippen LogP contribution in [0.25, 0.3) is 0 Å². The highest BCUT2D eigenvalue weighted by atomic mass is 16.1. The molecule has 0 aromatic heterocycles. The molecule has 0 heterocycles. The van der Waals surface area contributed by atoms with E-state index in [4.69, 9.17) is 0 Å². The maximum absolute atomic E-state index is 11.7. The van der Waals surface area contributed by atoms with Crippen molar-refractivity contribution in [1.82, 2.24) is 0 Å². The molecule has 1 unspecified atom stereocenters. The molecule has 0 bridgehead atoms. The molecule has 1 atom stereocenters. The molecule has 2 aliphatic carbocycles. The summed E-state index contributed by atoms with van der Waals surface area (Å²) in [5.74, 6) is 2.00. The van der Waals surface area contributed by atoms with Gasteiger partial charge in [-0.2, -0.15) is 0 Å². The van der Waals surface area contributed by atoms with Gasteiger partial charge in [-0.3, -0.25) is 9.59 Å². The Morgan fingerprint density at radius 1 is 0.875 bits per heavy atom.